The van der Waals surface area contributed by atoms with Gasteiger partial charge in [0, 0.05) is 49.0 Å². The first-order valence-corrected chi connectivity index (χ1v) is 21.8. The van der Waals surface area contributed by atoms with E-state index in [1.165, 1.54) is 70.9 Å². The monoisotopic (exact) mass is 802 g/mol. The van der Waals surface area contributed by atoms with Gasteiger partial charge in [-0.1, -0.05) is 159 Å². The molecule has 0 spiro atoms. The second kappa shape index (κ2) is 12.5. The highest BCUT2D eigenvalue weighted by Crippen LogP contribution is 2.52. The van der Waals surface area contributed by atoms with Gasteiger partial charge in [0.1, 0.15) is 0 Å². The second-order valence-corrected chi connectivity index (χ2v) is 17.7. The van der Waals surface area contributed by atoms with Crippen LogP contribution >= 0.6 is 0 Å². The van der Waals surface area contributed by atoms with Gasteiger partial charge < -0.3 is 4.57 Å². The maximum Gasteiger partial charge on any atom is 0.235 e. The molecular weight excluding hydrogens is 765 g/mol. The highest BCUT2D eigenvalue weighted by Gasteiger charge is 2.37. The van der Waals surface area contributed by atoms with Gasteiger partial charge in [-0.2, -0.15) is 0 Å². The maximum atomic E-state index is 5.76. The van der Waals surface area contributed by atoms with Crippen molar-refractivity contribution >= 4 is 86.8 Å². The van der Waals surface area contributed by atoms with E-state index in [2.05, 4.69) is 217 Å². The number of aromatic nitrogens is 4. The fraction of sp³-hybridized carbons (Fsp3) is 0.0508. The molecule has 294 valence electrons. The van der Waals surface area contributed by atoms with Gasteiger partial charge in [0.25, 0.3) is 0 Å². The van der Waals surface area contributed by atoms with Gasteiger partial charge in [0.05, 0.1) is 33.3 Å². The summed E-state index contributed by atoms with van der Waals surface area (Å²) in [5, 5.41) is 13.0. The van der Waals surface area contributed by atoms with Crippen molar-refractivity contribution in [3.05, 3.63) is 205 Å². The Morgan fingerprint density at radius 3 is 1.78 bits per heavy atom. The molecule has 0 atom stereocenters. The Kier molecular flexibility index (Phi) is 6.87. The zero-order chi connectivity index (χ0) is 41.6. The minimum atomic E-state index is -0.133. The molecule has 0 N–H and O–H groups in total. The van der Waals surface area contributed by atoms with Crippen molar-refractivity contribution in [1.29, 1.82) is 0 Å². The first-order valence-electron chi connectivity index (χ1n) is 21.8. The summed E-state index contributed by atoms with van der Waals surface area (Å²) in [7, 11) is 0. The maximum absolute atomic E-state index is 5.76. The second-order valence-electron chi connectivity index (χ2n) is 17.7. The molecule has 14 rings (SSSR count). The normalized spacial score (nSPS) is 13.4. The Hall–Kier alpha value is -8.08. The van der Waals surface area contributed by atoms with Crippen LogP contribution in [0, 0.1) is 0 Å². The predicted molar refractivity (Wildman–Crippen MR) is 264 cm³/mol. The van der Waals surface area contributed by atoms with Crippen molar-refractivity contribution < 1.29 is 0 Å². The van der Waals surface area contributed by atoms with Crippen molar-refractivity contribution in [2.75, 3.05) is 0 Å². The standard InChI is InChI=1S/C59H38N4/c1-59(2)49-25-13-10-20-40(49)44-30-28-35-33-53-48(34-46(35)55(44)59)42-22-12-15-27-51(42)63(53)58-60-56(54-43-23-8-6-18-38(43)39-19-7-9-24-45(39)57(54)61-58)36-29-31-52-47(32-36)41-21-11-14-26-50(41)62(52)37-16-4-3-5-17-37/h3-34H,1-2H3. The number of rotatable bonds is 3. The predicted octanol–water partition coefficient (Wildman–Crippen LogP) is 15.3. The van der Waals surface area contributed by atoms with Crippen LogP contribution in [-0.2, 0) is 5.41 Å². The third-order valence-corrected chi connectivity index (χ3v) is 14.1. The van der Waals surface area contributed by atoms with Crippen LogP contribution in [0.2, 0.25) is 0 Å². The van der Waals surface area contributed by atoms with Crippen molar-refractivity contribution in [3.8, 4) is 34.0 Å². The van der Waals surface area contributed by atoms with Gasteiger partial charge >= 0.3 is 0 Å². The molecule has 3 heterocycles. The fourth-order valence-corrected chi connectivity index (χ4v) is 11.3. The van der Waals surface area contributed by atoms with Crippen molar-refractivity contribution in [3.63, 3.8) is 0 Å². The summed E-state index contributed by atoms with van der Waals surface area (Å²) in [6.45, 7) is 4.75. The van der Waals surface area contributed by atoms with Gasteiger partial charge in [-0.05, 0) is 97.7 Å². The molecule has 3 aromatic heterocycles. The van der Waals surface area contributed by atoms with Crippen molar-refractivity contribution in [2.24, 2.45) is 0 Å². The smallest absolute Gasteiger partial charge is 0.235 e. The molecule has 10 aromatic carbocycles. The SMILES string of the molecule is CC1(C)c2ccccc2-c2ccc3cc4c(cc3c21)c1ccccc1n4-c1nc(-c2ccc3c(c2)c2ccccc2n3-c2ccccc2)c2c3ccccc3c3ccccc3c2n1. The number of nitrogens with zero attached hydrogens (tertiary/aromatic N) is 4. The summed E-state index contributed by atoms with van der Waals surface area (Å²) in [6, 6.07) is 70.9. The van der Waals surface area contributed by atoms with E-state index in [4.69, 9.17) is 9.97 Å². The zero-order valence-electron chi connectivity index (χ0n) is 34.8. The lowest BCUT2D eigenvalue weighted by atomic mass is 9.80. The topological polar surface area (TPSA) is 35.6 Å². The van der Waals surface area contributed by atoms with E-state index in [1.807, 2.05) is 0 Å². The van der Waals surface area contributed by atoms with Gasteiger partial charge in [0.15, 0.2) is 0 Å². The van der Waals surface area contributed by atoms with E-state index >= 15 is 0 Å². The molecule has 13 aromatic rings. The highest BCUT2D eigenvalue weighted by atomic mass is 15.2. The Balaban J connectivity index is 1.10. The number of hydrogen-bond donors (Lipinski definition) is 0. The van der Waals surface area contributed by atoms with Crippen LogP contribution in [0.3, 0.4) is 0 Å². The molecule has 0 aliphatic heterocycles. The van der Waals surface area contributed by atoms with Crippen LogP contribution in [-0.4, -0.2) is 19.1 Å². The molecule has 1 aliphatic carbocycles. The van der Waals surface area contributed by atoms with E-state index in [0.29, 0.717) is 5.95 Å². The third kappa shape index (κ3) is 4.64. The van der Waals surface area contributed by atoms with Crippen LogP contribution < -0.4 is 0 Å². The van der Waals surface area contributed by atoms with Crippen LogP contribution in [0.25, 0.3) is 121 Å². The van der Waals surface area contributed by atoms with E-state index in [-0.39, 0.29) is 5.41 Å². The van der Waals surface area contributed by atoms with Crippen LogP contribution in [0.1, 0.15) is 25.0 Å². The van der Waals surface area contributed by atoms with E-state index in [0.717, 1.165) is 55.2 Å². The molecule has 0 unspecified atom stereocenters. The number of para-hydroxylation sites is 3. The van der Waals surface area contributed by atoms with Gasteiger partial charge in [-0.25, -0.2) is 9.97 Å². The van der Waals surface area contributed by atoms with Gasteiger partial charge in [-0.3, -0.25) is 4.57 Å². The molecule has 4 nitrogen and oxygen atoms in total. The first-order chi connectivity index (χ1) is 31.0. The van der Waals surface area contributed by atoms with E-state index in [9.17, 15) is 0 Å². The quantitative estimate of drug-likeness (QED) is 0.167. The highest BCUT2D eigenvalue weighted by molar-refractivity contribution is 6.27. The number of hydrogen-bond acceptors (Lipinski definition) is 2. The minimum Gasteiger partial charge on any atom is -0.309 e. The summed E-state index contributed by atoms with van der Waals surface area (Å²) < 4.78 is 4.68. The third-order valence-electron chi connectivity index (χ3n) is 14.1. The summed E-state index contributed by atoms with van der Waals surface area (Å²) in [5.74, 6) is 0.657. The Bertz CT molecular complexity index is 4110. The molecule has 0 bridgehead atoms. The molecule has 1 aliphatic rings. The Morgan fingerprint density at radius 1 is 0.397 bits per heavy atom. The number of benzene rings is 10. The van der Waals surface area contributed by atoms with E-state index in [1.54, 1.807) is 0 Å². The minimum absolute atomic E-state index is 0.133. The number of fused-ring (bicyclic) bond motifs is 17. The lowest BCUT2D eigenvalue weighted by Gasteiger charge is -2.23. The molecule has 0 amide bonds. The zero-order valence-corrected chi connectivity index (χ0v) is 34.8. The van der Waals surface area contributed by atoms with Crippen LogP contribution in [0.15, 0.2) is 194 Å². The molecule has 0 radical (unpaired) electrons. The molecular formula is C59H38N4. The molecule has 0 saturated carbocycles. The average Bonchev–Trinajstić information content (AvgIpc) is 3.93. The molecule has 0 saturated heterocycles. The van der Waals surface area contributed by atoms with Crippen LogP contribution in [0.4, 0.5) is 0 Å². The largest absolute Gasteiger partial charge is 0.309 e. The van der Waals surface area contributed by atoms with Gasteiger partial charge in [-0.15, -0.1) is 0 Å². The summed E-state index contributed by atoms with van der Waals surface area (Å²) in [4.78, 5) is 11.4. The Labute approximate surface area is 362 Å². The molecule has 63 heavy (non-hydrogen) atoms. The lowest BCUT2D eigenvalue weighted by molar-refractivity contribution is 0.666. The summed E-state index contributed by atoms with van der Waals surface area (Å²) in [5.41, 5.74) is 13.9. The summed E-state index contributed by atoms with van der Waals surface area (Å²) in [6.07, 6.45) is 0. The van der Waals surface area contributed by atoms with Gasteiger partial charge in [0.2, 0.25) is 5.95 Å². The molecule has 0 fully saturated rings. The molecule has 4 heteroatoms. The van der Waals surface area contributed by atoms with Crippen LogP contribution in [0.5, 0.6) is 0 Å². The first kappa shape index (κ1) is 34.6. The van der Waals surface area contributed by atoms with E-state index < -0.39 is 0 Å². The Morgan fingerprint density at radius 2 is 1.00 bits per heavy atom. The average molecular weight is 803 g/mol. The fourth-order valence-electron chi connectivity index (χ4n) is 11.3. The lowest BCUT2D eigenvalue weighted by Crippen LogP contribution is -2.15. The van der Waals surface area contributed by atoms with Crippen molar-refractivity contribution in [1.82, 2.24) is 19.1 Å². The summed E-state index contributed by atoms with van der Waals surface area (Å²) >= 11 is 0. The van der Waals surface area contributed by atoms with Crippen molar-refractivity contribution in [2.45, 2.75) is 19.3 Å².